The zero-order valence-electron chi connectivity index (χ0n) is 14.8. The van der Waals surface area contributed by atoms with E-state index in [0.717, 1.165) is 24.1 Å². The second kappa shape index (κ2) is 8.29. The van der Waals surface area contributed by atoms with E-state index in [1.54, 1.807) is 4.90 Å². The van der Waals surface area contributed by atoms with E-state index in [1.807, 2.05) is 18.2 Å². The first kappa shape index (κ1) is 19.0. The number of hydrogen-bond acceptors (Lipinski definition) is 1. The van der Waals surface area contributed by atoms with E-state index < -0.39 is 11.7 Å². The van der Waals surface area contributed by atoms with Gasteiger partial charge in [-0.15, -0.1) is 0 Å². The molecule has 1 aliphatic rings. The highest BCUT2D eigenvalue weighted by Crippen LogP contribution is 2.29. The number of urea groups is 1. The van der Waals surface area contributed by atoms with Crippen molar-refractivity contribution >= 4 is 11.6 Å². The van der Waals surface area contributed by atoms with Gasteiger partial charge < -0.3 is 10.2 Å². The van der Waals surface area contributed by atoms with E-state index in [1.165, 1.54) is 23.3 Å². The SMILES string of the molecule is O=C(NCCc1ccc(C(F)(F)F)cc1)N1CC=C(c2ccccc2)CC1. The summed E-state index contributed by atoms with van der Waals surface area (Å²) in [5.41, 5.74) is 2.52. The molecule has 0 unspecified atom stereocenters. The molecule has 2 aromatic carbocycles. The maximum absolute atomic E-state index is 12.6. The molecular weight excluding hydrogens is 353 g/mol. The van der Waals surface area contributed by atoms with Crippen LogP contribution < -0.4 is 5.32 Å². The molecule has 0 bridgehead atoms. The number of rotatable bonds is 4. The van der Waals surface area contributed by atoms with Crippen LogP contribution >= 0.6 is 0 Å². The van der Waals surface area contributed by atoms with Gasteiger partial charge in [0.1, 0.15) is 0 Å². The fourth-order valence-electron chi connectivity index (χ4n) is 3.05. The van der Waals surface area contributed by atoms with Gasteiger partial charge in [0.2, 0.25) is 0 Å². The van der Waals surface area contributed by atoms with E-state index >= 15 is 0 Å². The van der Waals surface area contributed by atoms with Crippen LogP contribution in [-0.4, -0.2) is 30.6 Å². The van der Waals surface area contributed by atoms with Crippen molar-refractivity contribution in [3.05, 3.63) is 77.4 Å². The molecule has 2 aromatic rings. The molecule has 0 aromatic heterocycles. The number of amides is 2. The molecular formula is C21H21F3N2O. The molecule has 1 aliphatic heterocycles. The lowest BCUT2D eigenvalue weighted by atomic mass is 10.00. The summed E-state index contributed by atoms with van der Waals surface area (Å²) >= 11 is 0. The van der Waals surface area contributed by atoms with Gasteiger partial charge in [-0.2, -0.15) is 13.2 Å². The van der Waals surface area contributed by atoms with Crippen molar-refractivity contribution in [1.82, 2.24) is 10.2 Å². The van der Waals surface area contributed by atoms with Crippen molar-refractivity contribution < 1.29 is 18.0 Å². The second-order valence-corrected chi connectivity index (χ2v) is 6.47. The Balaban J connectivity index is 1.46. The van der Waals surface area contributed by atoms with Gasteiger partial charge in [0, 0.05) is 19.6 Å². The van der Waals surface area contributed by atoms with Gasteiger partial charge in [0.15, 0.2) is 0 Å². The van der Waals surface area contributed by atoms with E-state index in [2.05, 4.69) is 23.5 Å². The molecule has 27 heavy (non-hydrogen) atoms. The van der Waals surface area contributed by atoms with Crippen LogP contribution in [0.4, 0.5) is 18.0 Å². The van der Waals surface area contributed by atoms with Gasteiger partial charge >= 0.3 is 12.2 Å². The Morgan fingerprint density at radius 3 is 2.33 bits per heavy atom. The Hall–Kier alpha value is -2.76. The standard InChI is InChI=1S/C21H21F3N2O/c22-21(23,24)19-8-6-16(7-9-19)10-13-25-20(27)26-14-11-18(12-15-26)17-4-2-1-3-5-17/h1-9,11H,10,12-15H2,(H,25,27). The molecule has 6 heteroatoms. The van der Waals surface area contributed by atoms with Crippen LogP contribution in [0.1, 0.15) is 23.1 Å². The molecule has 142 valence electrons. The van der Waals surface area contributed by atoms with Gasteiger partial charge in [0.05, 0.1) is 5.56 Å². The lowest BCUT2D eigenvalue weighted by Crippen LogP contribution is -2.42. The molecule has 3 rings (SSSR count). The largest absolute Gasteiger partial charge is 0.416 e. The molecule has 0 saturated heterocycles. The van der Waals surface area contributed by atoms with Gasteiger partial charge in [0.25, 0.3) is 0 Å². The summed E-state index contributed by atoms with van der Waals surface area (Å²) in [7, 11) is 0. The minimum atomic E-state index is -4.33. The summed E-state index contributed by atoms with van der Waals surface area (Å²) in [4.78, 5) is 14.0. The van der Waals surface area contributed by atoms with E-state index in [-0.39, 0.29) is 6.03 Å². The van der Waals surface area contributed by atoms with Gasteiger partial charge in [-0.1, -0.05) is 48.5 Å². The molecule has 0 aliphatic carbocycles. The summed E-state index contributed by atoms with van der Waals surface area (Å²) in [5, 5.41) is 2.84. The van der Waals surface area contributed by atoms with Crippen LogP contribution in [-0.2, 0) is 12.6 Å². The number of halogens is 3. The van der Waals surface area contributed by atoms with Crippen molar-refractivity contribution in [3.8, 4) is 0 Å². The first-order chi connectivity index (χ1) is 12.9. The smallest absolute Gasteiger partial charge is 0.338 e. The van der Waals surface area contributed by atoms with Crippen LogP contribution in [0.15, 0.2) is 60.7 Å². The van der Waals surface area contributed by atoms with Gasteiger partial charge in [-0.3, -0.25) is 0 Å². The zero-order valence-corrected chi connectivity index (χ0v) is 14.8. The van der Waals surface area contributed by atoms with Crippen molar-refractivity contribution in [2.75, 3.05) is 19.6 Å². The fourth-order valence-corrected chi connectivity index (χ4v) is 3.05. The maximum atomic E-state index is 12.6. The van der Waals surface area contributed by atoms with Crippen molar-refractivity contribution in [1.29, 1.82) is 0 Å². The molecule has 0 fully saturated rings. The minimum absolute atomic E-state index is 0.148. The highest BCUT2D eigenvalue weighted by Gasteiger charge is 2.29. The molecule has 0 spiro atoms. The highest BCUT2D eigenvalue weighted by atomic mass is 19.4. The first-order valence-corrected chi connectivity index (χ1v) is 8.87. The van der Waals surface area contributed by atoms with Gasteiger partial charge in [-0.05, 0) is 41.7 Å². The number of nitrogens with zero attached hydrogens (tertiary/aromatic N) is 1. The van der Waals surface area contributed by atoms with Crippen LogP contribution in [0, 0.1) is 0 Å². The van der Waals surface area contributed by atoms with Crippen molar-refractivity contribution in [2.45, 2.75) is 19.0 Å². The lowest BCUT2D eigenvalue weighted by Gasteiger charge is -2.27. The Kier molecular flexibility index (Phi) is 5.84. The van der Waals surface area contributed by atoms with Crippen molar-refractivity contribution in [3.63, 3.8) is 0 Å². The van der Waals surface area contributed by atoms with E-state index in [9.17, 15) is 18.0 Å². The first-order valence-electron chi connectivity index (χ1n) is 8.87. The third-order valence-electron chi connectivity index (χ3n) is 4.61. The Morgan fingerprint density at radius 1 is 1.04 bits per heavy atom. The number of hydrogen-bond donors (Lipinski definition) is 1. The third-order valence-corrected chi connectivity index (χ3v) is 4.61. The lowest BCUT2D eigenvalue weighted by molar-refractivity contribution is -0.137. The summed E-state index contributed by atoms with van der Waals surface area (Å²) in [5.74, 6) is 0. The van der Waals surface area contributed by atoms with Crippen molar-refractivity contribution in [2.24, 2.45) is 0 Å². The minimum Gasteiger partial charge on any atom is -0.338 e. The molecule has 3 nitrogen and oxygen atoms in total. The maximum Gasteiger partial charge on any atom is 0.416 e. The average Bonchev–Trinajstić information content (AvgIpc) is 2.68. The third kappa shape index (κ3) is 5.12. The number of nitrogens with one attached hydrogen (secondary N) is 1. The number of benzene rings is 2. The summed E-state index contributed by atoms with van der Waals surface area (Å²) in [6, 6.07) is 15.0. The Bertz CT molecular complexity index is 798. The average molecular weight is 374 g/mol. The van der Waals surface area contributed by atoms with Crippen LogP contribution in [0.2, 0.25) is 0 Å². The monoisotopic (exact) mass is 374 g/mol. The topological polar surface area (TPSA) is 32.3 Å². The number of carbonyl (C=O) groups is 1. The van der Waals surface area contributed by atoms with Crippen LogP contribution in [0.3, 0.4) is 0 Å². The number of alkyl halides is 3. The van der Waals surface area contributed by atoms with Crippen LogP contribution in [0.25, 0.3) is 5.57 Å². The molecule has 1 N–H and O–H groups in total. The Labute approximate surface area is 156 Å². The van der Waals surface area contributed by atoms with Crippen LogP contribution in [0.5, 0.6) is 0 Å². The van der Waals surface area contributed by atoms with Gasteiger partial charge in [-0.25, -0.2) is 4.79 Å². The molecule has 2 amide bonds. The zero-order chi connectivity index (χ0) is 19.3. The molecule has 0 radical (unpaired) electrons. The summed E-state index contributed by atoms with van der Waals surface area (Å²) in [6.45, 7) is 1.58. The normalized spacial score (nSPS) is 14.6. The second-order valence-electron chi connectivity index (χ2n) is 6.47. The fraction of sp³-hybridized carbons (Fsp3) is 0.286. The molecule has 1 heterocycles. The van der Waals surface area contributed by atoms with E-state index in [0.29, 0.717) is 26.1 Å². The summed E-state index contributed by atoms with van der Waals surface area (Å²) in [6.07, 6.45) is -0.972. The summed E-state index contributed by atoms with van der Waals surface area (Å²) < 4.78 is 37.7. The predicted molar refractivity (Wildman–Crippen MR) is 99.2 cm³/mol. The Morgan fingerprint density at radius 2 is 1.74 bits per heavy atom. The molecule has 0 saturated carbocycles. The highest BCUT2D eigenvalue weighted by molar-refractivity contribution is 5.76. The predicted octanol–water partition coefficient (Wildman–Crippen LogP) is 4.75. The number of carbonyl (C=O) groups excluding carboxylic acids is 1. The quantitative estimate of drug-likeness (QED) is 0.823. The molecule has 0 atom stereocenters. The van der Waals surface area contributed by atoms with E-state index in [4.69, 9.17) is 0 Å².